The van der Waals surface area contributed by atoms with Crippen LogP contribution in [0.5, 0.6) is 0 Å². The summed E-state index contributed by atoms with van der Waals surface area (Å²) in [6.07, 6.45) is -1.43. The quantitative estimate of drug-likeness (QED) is 0.867. The maximum atomic E-state index is 12.7. The molecule has 0 radical (unpaired) electrons. The van der Waals surface area contributed by atoms with Gasteiger partial charge in [0.05, 0.1) is 0 Å². The fourth-order valence-electron chi connectivity index (χ4n) is 2.23. The number of rotatable bonds is 3. The number of nitrogens with zero attached hydrogens (tertiary/aromatic N) is 1. The van der Waals surface area contributed by atoms with Gasteiger partial charge in [0.1, 0.15) is 11.4 Å². The van der Waals surface area contributed by atoms with Gasteiger partial charge in [0.25, 0.3) is 11.8 Å². The van der Waals surface area contributed by atoms with Crippen molar-refractivity contribution in [1.29, 1.82) is 0 Å². The highest BCUT2D eigenvalue weighted by atomic mass is 19.3. The van der Waals surface area contributed by atoms with E-state index in [1.807, 2.05) is 0 Å². The molecular formula is C12H15F2N3O2. The average molecular weight is 271 g/mol. The lowest BCUT2D eigenvalue weighted by Crippen LogP contribution is -2.42. The fourth-order valence-corrected chi connectivity index (χ4v) is 2.23. The van der Waals surface area contributed by atoms with Gasteiger partial charge in [0.15, 0.2) is 0 Å². The molecule has 0 bridgehead atoms. The molecule has 5 nitrogen and oxygen atoms in total. The van der Waals surface area contributed by atoms with Crippen molar-refractivity contribution < 1.29 is 18.4 Å². The number of H-pyrrole nitrogens is 1. The number of amides is 2. The van der Waals surface area contributed by atoms with Crippen molar-refractivity contribution in [2.45, 2.75) is 19.3 Å². The Morgan fingerprint density at radius 2 is 2.05 bits per heavy atom. The smallest absolute Gasteiger partial charge is 0.270 e. The number of primary amides is 1. The first kappa shape index (κ1) is 13.5. The number of aromatic amines is 1. The lowest BCUT2D eigenvalue weighted by Gasteiger charge is -2.32. The van der Waals surface area contributed by atoms with Crippen LogP contribution in [0, 0.1) is 5.92 Å². The van der Waals surface area contributed by atoms with E-state index >= 15 is 0 Å². The standard InChI is InChI=1S/C12H15F2N3O2/c13-10(14)7-2-1-5-17(6-7)12(19)9-4-3-8(16-9)11(15)18/h3-4,7,10,16H,1-2,5-6H2,(H2,15,18). The molecule has 2 heterocycles. The predicted molar refractivity (Wildman–Crippen MR) is 63.9 cm³/mol. The highest BCUT2D eigenvalue weighted by molar-refractivity contribution is 5.96. The van der Waals surface area contributed by atoms with Crippen LogP contribution in [0.3, 0.4) is 0 Å². The molecule has 1 saturated heterocycles. The molecule has 2 amide bonds. The van der Waals surface area contributed by atoms with Crippen LogP contribution in [-0.4, -0.2) is 41.2 Å². The molecule has 1 aromatic heterocycles. The summed E-state index contributed by atoms with van der Waals surface area (Å²) < 4.78 is 25.3. The maximum absolute atomic E-state index is 12.7. The third kappa shape index (κ3) is 2.91. The summed E-state index contributed by atoms with van der Waals surface area (Å²) in [4.78, 5) is 27.0. The van der Waals surface area contributed by atoms with Crippen LogP contribution in [0.15, 0.2) is 12.1 Å². The van der Waals surface area contributed by atoms with E-state index < -0.39 is 18.3 Å². The van der Waals surface area contributed by atoms with Crippen LogP contribution >= 0.6 is 0 Å². The Labute approximate surface area is 108 Å². The van der Waals surface area contributed by atoms with E-state index in [0.29, 0.717) is 19.4 Å². The first-order valence-electron chi connectivity index (χ1n) is 6.05. The van der Waals surface area contributed by atoms with Crippen LogP contribution in [-0.2, 0) is 0 Å². The Hall–Kier alpha value is -1.92. The molecule has 1 unspecified atom stereocenters. The minimum atomic E-state index is -2.42. The van der Waals surface area contributed by atoms with Crippen LogP contribution in [0.1, 0.15) is 33.8 Å². The Morgan fingerprint density at radius 1 is 1.37 bits per heavy atom. The molecule has 3 N–H and O–H groups in total. The Morgan fingerprint density at radius 3 is 2.63 bits per heavy atom. The Bertz CT molecular complexity index is 487. The third-order valence-corrected chi connectivity index (χ3v) is 3.28. The molecule has 0 aromatic carbocycles. The summed E-state index contributed by atoms with van der Waals surface area (Å²) in [6.45, 7) is 0.494. The molecule has 0 spiro atoms. The number of hydrogen-bond acceptors (Lipinski definition) is 2. The highest BCUT2D eigenvalue weighted by Gasteiger charge is 2.30. The number of nitrogens with one attached hydrogen (secondary N) is 1. The molecule has 1 atom stereocenters. The SMILES string of the molecule is NC(=O)c1ccc(C(=O)N2CCCC(C(F)F)C2)[nH]1. The lowest BCUT2D eigenvalue weighted by molar-refractivity contribution is 0.0251. The van der Waals surface area contributed by atoms with Crippen molar-refractivity contribution >= 4 is 11.8 Å². The summed E-state index contributed by atoms with van der Waals surface area (Å²) >= 11 is 0. The second-order valence-electron chi connectivity index (χ2n) is 4.64. The molecule has 1 fully saturated rings. The average Bonchev–Trinajstić information content (AvgIpc) is 2.87. The molecule has 0 aliphatic carbocycles. The summed E-state index contributed by atoms with van der Waals surface area (Å²) in [7, 11) is 0. The number of nitrogens with two attached hydrogens (primary N) is 1. The molecule has 0 saturated carbocycles. The number of carbonyl (C=O) groups excluding carboxylic acids is 2. The minimum absolute atomic E-state index is 0.0431. The normalized spacial score (nSPS) is 19.7. The molecule has 19 heavy (non-hydrogen) atoms. The first-order chi connectivity index (χ1) is 8.99. The number of carbonyl (C=O) groups is 2. The lowest BCUT2D eigenvalue weighted by atomic mass is 9.98. The van der Waals surface area contributed by atoms with Crippen molar-refractivity contribution in [2.24, 2.45) is 11.7 Å². The molecule has 1 aromatic rings. The van der Waals surface area contributed by atoms with E-state index in [1.165, 1.54) is 17.0 Å². The van der Waals surface area contributed by atoms with E-state index in [0.717, 1.165) is 0 Å². The topological polar surface area (TPSA) is 79.2 Å². The summed E-state index contributed by atoms with van der Waals surface area (Å²) in [5, 5.41) is 0. The van der Waals surface area contributed by atoms with Gasteiger partial charge in [0, 0.05) is 19.0 Å². The van der Waals surface area contributed by atoms with Crippen molar-refractivity contribution in [3.8, 4) is 0 Å². The van der Waals surface area contributed by atoms with E-state index in [1.54, 1.807) is 0 Å². The summed E-state index contributed by atoms with van der Waals surface area (Å²) in [6, 6.07) is 2.85. The zero-order valence-electron chi connectivity index (χ0n) is 10.2. The van der Waals surface area contributed by atoms with Gasteiger partial charge in [0.2, 0.25) is 6.43 Å². The van der Waals surface area contributed by atoms with Gasteiger partial charge in [-0.15, -0.1) is 0 Å². The number of alkyl halides is 2. The number of aromatic nitrogens is 1. The highest BCUT2D eigenvalue weighted by Crippen LogP contribution is 2.23. The molecule has 104 valence electrons. The fraction of sp³-hybridized carbons (Fsp3) is 0.500. The van der Waals surface area contributed by atoms with Gasteiger partial charge in [-0.1, -0.05) is 0 Å². The largest absolute Gasteiger partial charge is 0.364 e. The second-order valence-corrected chi connectivity index (χ2v) is 4.64. The van der Waals surface area contributed by atoms with Crippen LogP contribution < -0.4 is 5.73 Å². The van der Waals surface area contributed by atoms with Gasteiger partial charge < -0.3 is 15.6 Å². The zero-order valence-corrected chi connectivity index (χ0v) is 10.2. The van der Waals surface area contributed by atoms with Crippen molar-refractivity contribution in [3.05, 3.63) is 23.5 Å². The third-order valence-electron chi connectivity index (χ3n) is 3.28. The molecule has 1 aliphatic heterocycles. The van der Waals surface area contributed by atoms with Crippen LogP contribution in [0.4, 0.5) is 8.78 Å². The van der Waals surface area contributed by atoms with Crippen molar-refractivity contribution in [2.75, 3.05) is 13.1 Å². The van der Waals surface area contributed by atoms with Gasteiger partial charge in [-0.25, -0.2) is 8.78 Å². The van der Waals surface area contributed by atoms with Gasteiger partial charge in [-0.3, -0.25) is 9.59 Å². The number of likely N-dealkylation sites (tertiary alicyclic amines) is 1. The van der Waals surface area contributed by atoms with Crippen molar-refractivity contribution in [3.63, 3.8) is 0 Å². The Kier molecular flexibility index (Phi) is 3.82. The number of piperidine rings is 1. The van der Waals surface area contributed by atoms with Gasteiger partial charge >= 0.3 is 0 Å². The zero-order chi connectivity index (χ0) is 14.0. The number of hydrogen-bond donors (Lipinski definition) is 2. The molecule has 2 rings (SSSR count). The van der Waals surface area contributed by atoms with Gasteiger partial charge in [-0.2, -0.15) is 0 Å². The first-order valence-corrected chi connectivity index (χ1v) is 6.05. The van der Waals surface area contributed by atoms with E-state index in [4.69, 9.17) is 5.73 Å². The summed E-state index contributed by atoms with van der Waals surface area (Å²) in [5.74, 6) is -1.82. The van der Waals surface area contributed by atoms with Crippen LogP contribution in [0.25, 0.3) is 0 Å². The van der Waals surface area contributed by atoms with E-state index in [9.17, 15) is 18.4 Å². The molecular weight excluding hydrogens is 256 g/mol. The van der Waals surface area contributed by atoms with Gasteiger partial charge in [-0.05, 0) is 25.0 Å². The Balaban J connectivity index is 2.08. The van der Waals surface area contributed by atoms with Crippen molar-refractivity contribution in [1.82, 2.24) is 9.88 Å². The minimum Gasteiger partial charge on any atom is -0.364 e. The van der Waals surface area contributed by atoms with Crippen LogP contribution in [0.2, 0.25) is 0 Å². The monoisotopic (exact) mass is 271 g/mol. The maximum Gasteiger partial charge on any atom is 0.270 e. The summed E-state index contributed by atoms with van der Waals surface area (Å²) in [5.41, 5.74) is 5.40. The second kappa shape index (κ2) is 5.38. The molecule has 7 heteroatoms. The van der Waals surface area contributed by atoms with E-state index in [-0.39, 0.29) is 23.8 Å². The predicted octanol–water partition coefficient (Wildman–Crippen LogP) is 1.23. The number of halogens is 2. The van der Waals surface area contributed by atoms with E-state index in [2.05, 4.69) is 4.98 Å². The molecule has 1 aliphatic rings.